The lowest BCUT2D eigenvalue weighted by Gasteiger charge is -2.31. The molecule has 2 aromatic heterocycles. The summed E-state index contributed by atoms with van der Waals surface area (Å²) in [7, 11) is 3.03. The standard InChI is InChI=1S/C19H29N5O4/c1-6-28-15(25)11-24-14(10-23-8-12(2)7-13(3)9-23)20-17-16(24)18(26)22(5)19(27)21(17)4/h12-13H,6-11H2,1-5H3/p+1/t12-,13-/m1/s1. The van der Waals surface area contributed by atoms with E-state index < -0.39 is 17.2 Å². The van der Waals surface area contributed by atoms with Gasteiger partial charge in [-0.25, -0.2) is 9.78 Å². The lowest BCUT2D eigenvalue weighted by molar-refractivity contribution is -0.926. The minimum Gasteiger partial charge on any atom is -0.465 e. The predicted molar refractivity (Wildman–Crippen MR) is 104 cm³/mol. The minimum absolute atomic E-state index is 0.0918. The highest BCUT2D eigenvalue weighted by Crippen LogP contribution is 2.14. The molecule has 3 heterocycles. The van der Waals surface area contributed by atoms with E-state index in [4.69, 9.17) is 4.74 Å². The number of imidazole rings is 1. The molecule has 0 unspecified atom stereocenters. The van der Waals surface area contributed by atoms with Crippen LogP contribution in [-0.4, -0.2) is 44.4 Å². The monoisotopic (exact) mass is 392 g/mol. The number of hydrogen-bond acceptors (Lipinski definition) is 5. The lowest BCUT2D eigenvalue weighted by Crippen LogP contribution is -3.13. The van der Waals surface area contributed by atoms with E-state index in [0.717, 1.165) is 17.7 Å². The van der Waals surface area contributed by atoms with Crippen molar-refractivity contribution in [2.75, 3.05) is 19.7 Å². The van der Waals surface area contributed by atoms with Crippen molar-refractivity contribution >= 4 is 17.1 Å². The molecule has 3 rings (SSSR count). The van der Waals surface area contributed by atoms with Crippen molar-refractivity contribution < 1.29 is 14.4 Å². The number of ether oxygens (including phenoxy) is 1. The van der Waals surface area contributed by atoms with Crippen LogP contribution in [0.25, 0.3) is 11.2 Å². The van der Waals surface area contributed by atoms with Gasteiger partial charge in [0.2, 0.25) is 0 Å². The number of carbonyl (C=O) groups is 1. The molecule has 154 valence electrons. The smallest absolute Gasteiger partial charge is 0.332 e. The third-order valence-electron chi connectivity index (χ3n) is 5.51. The molecule has 2 aromatic rings. The fraction of sp³-hybridized carbons (Fsp3) is 0.684. The van der Waals surface area contributed by atoms with Crippen LogP contribution >= 0.6 is 0 Å². The zero-order valence-electron chi connectivity index (χ0n) is 17.3. The molecule has 1 N–H and O–H groups in total. The molecule has 0 aromatic carbocycles. The minimum atomic E-state index is -0.448. The van der Waals surface area contributed by atoms with Gasteiger partial charge in [-0.2, -0.15) is 0 Å². The van der Waals surface area contributed by atoms with Crippen LogP contribution in [0.15, 0.2) is 9.59 Å². The number of carbonyl (C=O) groups excluding carboxylic acids is 1. The van der Waals surface area contributed by atoms with E-state index in [1.54, 1.807) is 18.5 Å². The topological polar surface area (TPSA) is 92.6 Å². The number of aryl methyl sites for hydroxylation is 1. The molecule has 0 aliphatic carbocycles. The Morgan fingerprint density at radius 3 is 2.43 bits per heavy atom. The molecular formula is C19H30N5O4+. The number of likely N-dealkylation sites (tertiary alicyclic amines) is 1. The van der Waals surface area contributed by atoms with Crippen LogP contribution in [0.5, 0.6) is 0 Å². The van der Waals surface area contributed by atoms with Crippen molar-refractivity contribution in [3.05, 3.63) is 26.7 Å². The molecule has 9 nitrogen and oxygen atoms in total. The van der Waals surface area contributed by atoms with Crippen LogP contribution in [0.3, 0.4) is 0 Å². The molecular weight excluding hydrogens is 362 g/mol. The van der Waals surface area contributed by atoms with Crippen LogP contribution in [0.2, 0.25) is 0 Å². The normalized spacial score (nSPS) is 22.5. The Balaban J connectivity index is 2.11. The van der Waals surface area contributed by atoms with Crippen LogP contribution in [0.1, 0.15) is 33.0 Å². The zero-order chi connectivity index (χ0) is 20.6. The highest BCUT2D eigenvalue weighted by molar-refractivity contribution is 5.75. The average molecular weight is 392 g/mol. The Morgan fingerprint density at radius 1 is 1.18 bits per heavy atom. The van der Waals surface area contributed by atoms with Crippen molar-refractivity contribution in [1.29, 1.82) is 0 Å². The fourth-order valence-corrected chi connectivity index (χ4v) is 4.42. The first-order chi connectivity index (χ1) is 13.2. The van der Waals surface area contributed by atoms with E-state index in [-0.39, 0.29) is 18.7 Å². The molecule has 1 saturated heterocycles. The van der Waals surface area contributed by atoms with E-state index in [1.807, 2.05) is 0 Å². The predicted octanol–water partition coefficient (Wildman–Crippen LogP) is -0.942. The maximum absolute atomic E-state index is 12.8. The molecule has 0 spiro atoms. The van der Waals surface area contributed by atoms with Crippen LogP contribution in [-0.2, 0) is 36.7 Å². The number of nitrogens with one attached hydrogen (secondary N) is 1. The summed E-state index contributed by atoms with van der Waals surface area (Å²) in [6.45, 7) is 9.05. The Morgan fingerprint density at radius 2 is 1.82 bits per heavy atom. The summed E-state index contributed by atoms with van der Waals surface area (Å²) in [5.41, 5.74) is -0.302. The second-order valence-corrected chi connectivity index (χ2v) is 8.08. The average Bonchev–Trinajstić information content (AvgIpc) is 2.95. The summed E-state index contributed by atoms with van der Waals surface area (Å²) in [6, 6.07) is 0. The first-order valence-corrected chi connectivity index (χ1v) is 9.87. The number of hydrogen-bond donors (Lipinski definition) is 1. The second kappa shape index (κ2) is 7.90. The fourth-order valence-electron chi connectivity index (χ4n) is 4.42. The SMILES string of the molecule is CCOC(=O)Cn1c(C[NH+]2C[C@H](C)C[C@@H](C)C2)nc2c1c(=O)n(C)c(=O)n2C. The van der Waals surface area contributed by atoms with Gasteiger partial charge in [-0.05, 0) is 13.3 Å². The van der Waals surface area contributed by atoms with E-state index in [1.165, 1.54) is 22.9 Å². The quantitative estimate of drug-likeness (QED) is 0.663. The molecule has 28 heavy (non-hydrogen) atoms. The van der Waals surface area contributed by atoms with Gasteiger partial charge in [-0.3, -0.25) is 18.7 Å². The van der Waals surface area contributed by atoms with Crippen LogP contribution in [0, 0.1) is 11.8 Å². The van der Waals surface area contributed by atoms with Gasteiger partial charge in [-0.15, -0.1) is 0 Å². The van der Waals surface area contributed by atoms with Crippen molar-refractivity contribution in [2.45, 2.75) is 40.3 Å². The number of rotatable bonds is 5. The summed E-state index contributed by atoms with van der Waals surface area (Å²) in [5.74, 6) is 1.43. The summed E-state index contributed by atoms with van der Waals surface area (Å²) >= 11 is 0. The molecule has 2 atom stereocenters. The second-order valence-electron chi connectivity index (χ2n) is 8.08. The number of fused-ring (bicyclic) bond motifs is 1. The number of quaternary nitrogens is 1. The lowest BCUT2D eigenvalue weighted by atomic mass is 9.92. The molecule has 1 fully saturated rings. The maximum atomic E-state index is 12.8. The maximum Gasteiger partial charge on any atom is 0.332 e. The number of nitrogens with zero attached hydrogens (tertiary/aromatic N) is 4. The Hall–Kier alpha value is -2.42. The van der Waals surface area contributed by atoms with Gasteiger partial charge < -0.3 is 14.2 Å². The van der Waals surface area contributed by atoms with Crippen molar-refractivity contribution in [3.63, 3.8) is 0 Å². The number of esters is 1. The Labute approximate surface area is 163 Å². The Kier molecular flexibility index (Phi) is 5.74. The van der Waals surface area contributed by atoms with E-state index in [0.29, 0.717) is 29.9 Å². The van der Waals surface area contributed by atoms with Gasteiger partial charge in [-0.1, -0.05) is 13.8 Å². The van der Waals surface area contributed by atoms with E-state index in [9.17, 15) is 14.4 Å². The molecule has 0 bridgehead atoms. The first kappa shape index (κ1) is 20.3. The van der Waals surface area contributed by atoms with Gasteiger partial charge in [0.15, 0.2) is 17.0 Å². The van der Waals surface area contributed by atoms with E-state index in [2.05, 4.69) is 18.8 Å². The van der Waals surface area contributed by atoms with Crippen molar-refractivity contribution in [2.24, 2.45) is 25.9 Å². The number of aromatic nitrogens is 4. The van der Waals surface area contributed by atoms with Gasteiger partial charge in [0, 0.05) is 25.9 Å². The van der Waals surface area contributed by atoms with Gasteiger partial charge in [0.05, 0.1) is 19.7 Å². The van der Waals surface area contributed by atoms with E-state index >= 15 is 0 Å². The van der Waals surface area contributed by atoms with Gasteiger partial charge >= 0.3 is 11.7 Å². The third-order valence-corrected chi connectivity index (χ3v) is 5.51. The highest BCUT2D eigenvalue weighted by atomic mass is 16.5. The van der Waals surface area contributed by atoms with Crippen LogP contribution in [0.4, 0.5) is 0 Å². The van der Waals surface area contributed by atoms with Gasteiger partial charge in [0.1, 0.15) is 13.1 Å². The molecule has 9 heteroatoms. The summed E-state index contributed by atoms with van der Waals surface area (Å²) in [6.07, 6.45) is 1.21. The molecule has 0 amide bonds. The highest BCUT2D eigenvalue weighted by Gasteiger charge is 2.28. The molecule has 0 radical (unpaired) electrons. The summed E-state index contributed by atoms with van der Waals surface area (Å²) in [4.78, 5) is 43.3. The summed E-state index contributed by atoms with van der Waals surface area (Å²) < 4.78 is 9.14. The molecule has 1 aliphatic heterocycles. The number of piperidine rings is 1. The molecule has 0 saturated carbocycles. The third kappa shape index (κ3) is 3.76. The first-order valence-electron chi connectivity index (χ1n) is 9.87. The van der Waals surface area contributed by atoms with Gasteiger partial charge in [0.25, 0.3) is 5.56 Å². The van der Waals surface area contributed by atoms with Crippen LogP contribution < -0.4 is 16.1 Å². The molecule has 1 aliphatic rings. The largest absolute Gasteiger partial charge is 0.465 e. The summed E-state index contributed by atoms with van der Waals surface area (Å²) in [5, 5.41) is 0. The van der Waals surface area contributed by atoms with Crippen molar-refractivity contribution in [1.82, 2.24) is 18.7 Å². The Bertz CT molecular complexity index is 992. The zero-order valence-corrected chi connectivity index (χ0v) is 17.3. The van der Waals surface area contributed by atoms with Crippen molar-refractivity contribution in [3.8, 4) is 0 Å².